The van der Waals surface area contributed by atoms with Crippen molar-refractivity contribution in [3.8, 4) is 0 Å². The molecule has 0 amide bonds. The number of aliphatic hydroxyl groups is 1. The maximum atomic E-state index is 8.39. The molecule has 0 bridgehead atoms. The van der Waals surface area contributed by atoms with Crippen LogP contribution in [-0.2, 0) is 0 Å². The zero-order valence-electron chi connectivity index (χ0n) is 4.45. The van der Waals surface area contributed by atoms with E-state index in [2.05, 4.69) is 0 Å². The molecule has 0 aromatic heterocycles. The van der Waals surface area contributed by atoms with Crippen molar-refractivity contribution < 1.29 is 5.11 Å². The summed E-state index contributed by atoms with van der Waals surface area (Å²) in [6.07, 6.45) is 0.162. The number of aliphatic hydroxyl groups excluding tert-OH is 1. The third-order valence-electron chi connectivity index (χ3n) is 0.651. The first-order valence-electron chi connectivity index (χ1n) is 2.27. The third kappa shape index (κ3) is 7.01. The summed E-state index contributed by atoms with van der Waals surface area (Å²) in [6, 6.07) is 0. The molecule has 0 fully saturated rings. The molecule has 1 unspecified atom stereocenters. The van der Waals surface area contributed by atoms with Gasteiger partial charge in [-0.3, -0.25) is 0 Å². The second-order valence-corrected chi connectivity index (χ2v) is 4.73. The minimum absolute atomic E-state index is 0.162. The van der Waals surface area contributed by atoms with Crippen LogP contribution in [-0.4, -0.2) is 20.9 Å². The molecule has 1 N–H and O–H groups in total. The molecule has 0 aliphatic heterocycles. The summed E-state index contributed by atoms with van der Waals surface area (Å²) in [6.45, 7) is -0.171. The quantitative estimate of drug-likeness (QED) is 0.696. The molecule has 1 nitrogen and oxygen atoms in total. The van der Waals surface area contributed by atoms with E-state index in [1.165, 1.54) is 0 Å². The van der Waals surface area contributed by atoms with Gasteiger partial charge in [0.05, 0.1) is 12.0 Å². The zero-order chi connectivity index (χ0) is 7.49. The average Bonchev–Trinajstić information content (AvgIpc) is 1.62. The van der Waals surface area contributed by atoms with E-state index >= 15 is 0 Å². The van der Waals surface area contributed by atoms with Crippen LogP contribution in [0.3, 0.4) is 0 Å². The molecule has 1 atom stereocenters. The van der Waals surface area contributed by atoms with E-state index in [9.17, 15) is 0 Å². The van der Waals surface area contributed by atoms with Crippen molar-refractivity contribution in [1.82, 2.24) is 0 Å². The molecule has 0 radical (unpaired) electrons. The lowest BCUT2D eigenvalue weighted by atomic mass is 10.3. The first-order valence-corrected chi connectivity index (χ1v) is 3.84. The van der Waals surface area contributed by atoms with Crippen molar-refractivity contribution in [1.29, 1.82) is 0 Å². The Hall–Kier alpha value is 1.12. The molecular weight excluding hydrogens is 206 g/mol. The predicted octanol–water partition coefficient (Wildman–Crippen LogP) is 2.35. The van der Waals surface area contributed by atoms with Gasteiger partial charge in [0.25, 0.3) is 0 Å². The monoisotopic (exact) mass is 210 g/mol. The van der Waals surface area contributed by atoms with Crippen molar-refractivity contribution in [2.75, 3.05) is 6.61 Å². The molecule has 0 aliphatic carbocycles. The highest BCUT2D eigenvalue weighted by molar-refractivity contribution is 6.67. The van der Waals surface area contributed by atoms with E-state index in [4.69, 9.17) is 51.5 Å². The second kappa shape index (κ2) is 4.09. The van der Waals surface area contributed by atoms with Gasteiger partial charge in [0, 0.05) is 6.42 Å². The minimum atomic E-state index is -1.35. The summed E-state index contributed by atoms with van der Waals surface area (Å²) in [5, 5.41) is 7.92. The van der Waals surface area contributed by atoms with Gasteiger partial charge in [-0.2, -0.15) is 0 Å². The van der Waals surface area contributed by atoms with E-state index in [0.717, 1.165) is 0 Å². The average molecular weight is 212 g/mol. The van der Waals surface area contributed by atoms with E-state index < -0.39 is 9.17 Å². The van der Waals surface area contributed by atoms with Gasteiger partial charge in [-0.05, 0) is 0 Å². The van der Waals surface area contributed by atoms with Crippen LogP contribution >= 0.6 is 46.4 Å². The first kappa shape index (κ1) is 10.1. The highest BCUT2D eigenvalue weighted by Crippen LogP contribution is 2.32. The summed E-state index contributed by atoms with van der Waals surface area (Å²) in [5.41, 5.74) is 0. The molecule has 0 spiro atoms. The van der Waals surface area contributed by atoms with E-state index in [-0.39, 0.29) is 13.0 Å². The van der Waals surface area contributed by atoms with Crippen molar-refractivity contribution in [3.05, 3.63) is 0 Å². The van der Waals surface area contributed by atoms with Gasteiger partial charge < -0.3 is 5.11 Å². The van der Waals surface area contributed by atoms with Crippen molar-refractivity contribution >= 4 is 46.4 Å². The molecule has 0 aromatic carbocycles. The minimum Gasteiger partial charge on any atom is -0.395 e. The predicted molar refractivity (Wildman–Crippen MR) is 41.6 cm³/mol. The normalized spacial score (nSPS) is 15.7. The molecule has 5 heteroatoms. The molecule has 9 heavy (non-hydrogen) atoms. The fourth-order valence-electron chi connectivity index (χ4n) is 0.316. The highest BCUT2D eigenvalue weighted by atomic mass is 35.6. The van der Waals surface area contributed by atoms with Gasteiger partial charge in [-0.25, -0.2) is 0 Å². The summed E-state index contributed by atoms with van der Waals surface area (Å²) in [7, 11) is 0. The molecule has 0 rings (SSSR count). The molecule has 0 aliphatic rings. The maximum Gasteiger partial charge on any atom is 0.192 e. The topological polar surface area (TPSA) is 20.2 Å². The van der Waals surface area contributed by atoms with Gasteiger partial charge in [0.2, 0.25) is 0 Å². The Kier molecular flexibility index (Phi) is 4.60. The Morgan fingerprint density at radius 1 is 1.33 bits per heavy atom. The molecule has 0 aromatic rings. The number of hydrogen-bond acceptors (Lipinski definition) is 1. The van der Waals surface area contributed by atoms with Crippen molar-refractivity contribution in [3.63, 3.8) is 0 Å². The Morgan fingerprint density at radius 3 is 1.89 bits per heavy atom. The summed E-state index contributed by atoms with van der Waals surface area (Å²) < 4.78 is -1.35. The summed E-state index contributed by atoms with van der Waals surface area (Å²) in [4.78, 5) is 0. The lowest BCUT2D eigenvalue weighted by molar-refractivity contribution is 0.288. The molecular formula is C4H6Cl4O. The summed E-state index contributed by atoms with van der Waals surface area (Å²) >= 11 is 21.5. The Labute approximate surface area is 73.8 Å². The largest absolute Gasteiger partial charge is 0.395 e. The van der Waals surface area contributed by atoms with Gasteiger partial charge in [-0.15, -0.1) is 11.6 Å². The van der Waals surface area contributed by atoms with Crippen molar-refractivity contribution in [2.45, 2.75) is 15.6 Å². The fraction of sp³-hybridized carbons (Fsp3) is 1.00. The molecule has 0 saturated carbocycles. The second-order valence-electron chi connectivity index (χ2n) is 1.60. The van der Waals surface area contributed by atoms with Crippen LogP contribution in [0.2, 0.25) is 0 Å². The van der Waals surface area contributed by atoms with Crippen LogP contribution in [0.5, 0.6) is 0 Å². The number of alkyl halides is 4. The maximum absolute atomic E-state index is 8.39. The smallest absolute Gasteiger partial charge is 0.192 e. The Balaban J connectivity index is 3.47. The van der Waals surface area contributed by atoms with Crippen LogP contribution in [0.4, 0.5) is 0 Å². The number of hydrogen-bond donors (Lipinski definition) is 1. The number of rotatable bonds is 2. The summed E-state index contributed by atoms with van der Waals surface area (Å²) in [5.74, 6) is 0. The van der Waals surface area contributed by atoms with E-state index in [1.807, 2.05) is 0 Å². The third-order valence-corrected chi connectivity index (χ3v) is 1.41. The fourth-order valence-corrected chi connectivity index (χ4v) is 1.34. The van der Waals surface area contributed by atoms with Gasteiger partial charge in [0.15, 0.2) is 3.79 Å². The lowest BCUT2D eigenvalue weighted by Crippen LogP contribution is -2.14. The van der Waals surface area contributed by atoms with Crippen LogP contribution in [0, 0.1) is 0 Å². The van der Waals surface area contributed by atoms with Gasteiger partial charge in [-0.1, -0.05) is 34.8 Å². The Bertz CT molecular complexity index is 79.1. The first-order chi connectivity index (χ1) is 3.95. The van der Waals surface area contributed by atoms with E-state index in [0.29, 0.717) is 0 Å². The number of halogens is 4. The van der Waals surface area contributed by atoms with E-state index in [1.54, 1.807) is 0 Å². The molecule has 0 saturated heterocycles. The Morgan fingerprint density at radius 2 is 1.78 bits per heavy atom. The van der Waals surface area contributed by atoms with Crippen LogP contribution in [0.1, 0.15) is 6.42 Å². The van der Waals surface area contributed by atoms with Crippen LogP contribution in [0.15, 0.2) is 0 Å². The van der Waals surface area contributed by atoms with Gasteiger partial charge in [0.1, 0.15) is 0 Å². The van der Waals surface area contributed by atoms with Crippen molar-refractivity contribution in [2.24, 2.45) is 0 Å². The lowest BCUT2D eigenvalue weighted by Gasteiger charge is -2.12. The highest BCUT2D eigenvalue weighted by Gasteiger charge is 2.23. The van der Waals surface area contributed by atoms with Crippen LogP contribution < -0.4 is 0 Å². The van der Waals surface area contributed by atoms with Crippen LogP contribution in [0.25, 0.3) is 0 Å². The zero-order valence-corrected chi connectivity index (χ0v) is 7.47. The van der Waals surface area contributed by atoms with Gasteiger partial charge >= 0.3 is 0 Å². The standard InChI is InChI=1S/C4H6Cl4O/c5-3(2-9)1-4(6,7)8/h3,9H,1-2H2. The molecule has 56 valence electrons. The SMILES string of the molecule is OCC(Cl)CC(Cl)(Cl)Cl. The molecule has 0 heterocycles.